The molecule has 102 valence electrons. The molecule has 1 aromatic rings. The first kappa shape index (κ1) is 12.8. The molecule has 1 aromatic heterocycles. The highest BCUT2D eigenvalue weighted by Crippen LogP contribution is 2.61. The van der Waals surface area contributed by atoms with Crippen molar-refractivity contribution in [2.75, 3.05) is 24.7 Å². The zero-order chi connectivity index (χ0) is 13.6. The van der Waals surface area contributed by atoms with Gasteiger partial charge in [-0.3, -0.25) is 5.32 Å². The number of likely N-dealkylation sites (tertiary alicyclic amines) is 1. The number of hydrogen-bond acceptors (Lipinski definition) is 3. The number of amides is 2. The minimum absolute atomic E-state index is 0.0209. The third-order valence-electron chi connectivity index (χ3n) is 4.62. The molecule has 2 amide bonds. The lowest BCUT2D eigenvalue weighted by atomic mass is 10.1. The van der Waals surface area contributed by atoms with Gasteiger partial charge in [0.25, 0.3) is 0 Å². The number of nitrogens with one attached hydrogen (secondary N) is 1. The smallest absolute Gasteiger partial charge is 0.323 e. The van der Waals surface area contributed by atoms with Gasteiger partial charge in [0.05, 0.1) is 0 Å². The largest absolute Gasteiger partial charge is 0.324 e. The number of nitrogens with zero attached hydrogens (tertiary/aromatic N) is 2. The van der Waals surface area contributed by atoms with Crippen molar-refractivity contribution < 1.29 is 4.79 Å². The Hall–Kier alpha value is -1.23. The molecule has 0 bridgehead atoms. The second-order valence-electron chi connectivity index (χ2n) is 5.95. The molecular formula is C14H19N3OS. The van der Waals surface area contributed by atoms with Crippen molar-refractivity contribution in [3.63, 3.8) is 0 Å². The fraction of sp³-hybridized carbons (Fsp3) is 0.571. The number of carbonyl (C=O) groups excluding carboxylic acids is 1. The highest BCUT2D eigenvalue weighted by Gasteiger charge is 2.62. The zero-order valence-corrected chi connectivity index (χ0v) is 12.3. The summed E-state index contributed by atoms with van der Waals surface area (Å²) in [4.78, 5) is 19.4. The van der Waals surface area contributed by atoms with Crippen LogP contribution in [0.3, 0.4) is 0 Å². The van der Waals surface area contributed by atoms with Crippen LogP contribution in [0, 0.1) is 17.3 Å². The maximum Gasteiger partial charge on any atom is 0.323 e. The SMILES string of the molecule is CSc1ccc(NC(=O)N2CC3C(C2)C3(C)C)nc1. The molecule has 1 N–H and O–H groups in total. The average molecular weight is 277 g/mol. The van der Waals surface area contributed by atoms with Crippen LogP contribution in [0.4, 0.5) is 10.6 Å². The highest BCUT2D eigenvalue weighted by atomic mass is 32.2. The quantitative estimate of drug-likeness (QED) is 0.845. The van der Waals surface area contributed by atoms with Crippen LogP contribution in [-0.2, 0) is 0 Å². The molecule has 2 atom stereocenters. The molecule has 5 heteroatoms. The topological polar surface area (TPSA) is 45.2 Å². The maximum atomic E-state index is 12.1. The third-order valence-corrected chi connectivity index (χ3v) is 5.33. The van der Waals surface area contributed by atoms with Crippen LogP contribution in [-0.4, -0.2) is 35.3 Å². The van der Waals surface area contributed by atoms with Crippen LogP contribution in [0.1, 0.15) is 13.8 Å². The van der Waals surface area contributed by atoms with E-state index >= 15 is 0 Å². The normalized spacial score (nSPS) is 27.0. The summed E-state index contributed by atoms with van der Waals surface area (Å²) < 4.78 is 0. The predicted octanol–water partition coefficient (Wildman–Crippen LogP) is 2.92. The molecule has 1 aliphatic carbocycles. The molecule has 2 fully saturated rings. The van der Waals surface area contributed by atoms with Gasteiger partial charge in [-0.15, -0.1) is 11.8 Å². The molecule has 1 aliphatic heterocycles. The second-order valence-corrected chi connectivity index (χ2v) is 6.83. The summed E-state index contributed by atoms with van der Waals surface area (Å²) >= 11 is 1.64. The number of carbonyl (C=O) groups is 1. The molecule has 0 radical (unpaired) electrons. The lowest BCUT2D eigenvalue weighted by Crippen LogP contribution is -2.36. The van der Waals surface area contributed by atoms with Gasteiger partial charge in [-0.1, -0.05) is 13.8 Å². The van der Waals surface area contributed by atoms with Crippen LogP contribution < -0.4 is 5.32 Å². The van der Waals surface area contributed by atoms with Crippen molar-refractivity contribution >= 4 is 23.6 Å². The summed E-state index contributed by atoms with van der Waals surface area (Å²) in [5.41, 5.74) is 0.440. The van der Waals surface area contributed by atoms with Crippen LogP contribution in [0.15, 0.2) is 23.2 Å². The monoisotopic (exact) mass is 277 g/mol. The predicted molar refractivity (Wildman–Crippen MR) is 77.4 cm³/mol. The number of fused-ring (bicyclic) bond motifs is 1. The first-order chi connectivity index (χ1) is 9.02. The standard InChI is InChI=1S/C14H19N3OS/c1-14(2)10-7-17(8-11(10)14)13(18)16-12-5-4-9(19-3)6-15-12/h4-6,10-11H,7-8H2,1-3H3,(H,15,16,18). The van der Waals surface area contributed by atoms with Gasteiger partial charge in [0, 0.05) is 24.2 Å². The summed E-state index contributed by atoms with van der Waals surface area (Å²) in [5.74, 6) is 2.00. The Balaban J connectivity index is 1.57. The number of aromatic nitrogens is 1. The summed E-state index contributed by atoms with van der Waals surface area (Å²) in [6.45, 7) is 6.35. The Kier molecular flexibility index (Phi) is 2.96. The lowest BCUT2D eigenvalue weighted by molar-refractivity contribution is 0.209. The molecule has 2 unspecified atom stereocenters. The van der Waals surface area contributed by atoms with Crippen molar-refractivity contribution in [2.24, 2.45) is 17.3 Å². The van der Waals surface area contributed by atoms with Gasteiger partial charge in [-0.25, -0.2) is 9.78 Å². The molecule has 3 rings (SSSR count). The average Bonchev–Trinajstić information content (AvgIpc) is 2.81. The fourth-order valence-corrected chi connectivity index (χ4v) is 3.42. The van der Waals surface area contributed by atoms with Gasteiger partial charge in [0.1, 0.15) is 5.82 Å². The minimum atomic E-state index is -0.0209. The maximum absolute atomic E-state index is 12.1. The van der Waals surface area contributed by atoms with Gasteiger partial charge >= 0.3 is 6.03 Å². The Morgan fingerprint density at radius 3 is 2.63 bits per heavy atom. The summed E-state index contributed by atoms with van der Waals surface area (Å²) in [6.07, 6.45) is 3.79. The van der Waals surface area contributed by atoms with Crippen molar-refractivity contribution in [1.29, 1.82) is 0 Å². The molecule has 4 nitrogen and oxygen atoms in total. The molecule has 19 heavy (non-hydrogen) atoms. The molecule has 0 aromatic carbocycles. The van der Waals surface area contributed by atoms with E-state index in [4.69, 9.17) is 0 Å². The van der Waals surface area contributed by atoms with Gasteiger partial charge < -0.3 is 4.90 Å². The Bertz CT molecular complexity index is 486. The first-order valence-electron chi connectivity index (χ1n) is 6.58. The van der Waals surface area contributed by atoms with Gasteiger partial charge in [0.2, 0.25) is 0 Å². The molecule has 1 saturated carbocycles. The number of pyridine rings is 1. The van der Waals surface area contributed by atoms with Crippen LogP contribution in [0.2, 0.25) is 0 Å². The van der Waals surface area contributed by atoms with Crippen molar-refractivity contribution in [1.82, 2.24) is 9.88 Å². The molecule has 2 heterocycles. The van der Waals surface area contributed by atoms with E-state index in [0.29, 0.717) is 23.1 Å². The number of anilines is 1. The summed E-state index contributed by atoms with van der Waals surface area (Å²) in [6, 6.07) is 3.80. The molecular weight excluding hydrogens is 258 g/mol. The van der Waals surface area contributed by atoms with Crippen molar-refractivity contribution in [3.05, 3.63) is 18.3 Å². The summed E-state index contributed by atoms with van der Waals surface area (Å²) in [5, 5.41) is 2.87. The van der Waals surface area contributed by atoms with E-state index in [9.17, 15) is 4.79 Å². The Morgan fingerprint density at radius 2 is 2.11 bits per heavy atom. The number of thioether (sulfide) groups is 1. The molecule has 0 spiro atoms. The van der Waals surface area contributed by atoms with E-state index in [1.165, 1.54) is 0 Å². The van der Waals surface area contributed by atoms with E-state index in [1.807, 2.05) is 23.3 Å². The second kappa shape index (κ2) is 4.40. The number of hydrogen-bond donors (Lipinski definition) is 1. The van der Waals surface area contributed by atoms with Gasteiger partial charge in [-0.05, 0) is 35.6 Å². The number of rotatable bonds is 2. The van der Waals surface area contributed by atoms with E-state index < -0.39 is 0 Å². The van der Waals surface area contributed by atoms with Gasteiger partial charge in [-0.2, -0.15) is 0 Å². The summed E-state index contributed by atoms with van der Waals surface area (Å²) in [7, 11) is 0. The number of urea groups is 1. The highest BCUT2D eigenvalue weighted by molar-refractivity contribution is 7.98. The minimum Gasteiger partial charge on any atom is -0.324 e. The Labute approximate surface area is 118 Å². The fourth-order valence-electron chi connectivity index (χ4n) is 3.06. The number of piperidine rings is 1. The Morgan fingerprint density at radius 1 is 1.42 bits per heavy atom. The van der Waals surface area contributed by atoms with E-state index in [0.717, 1.165) is 18.0 Å². The van der Waals surface area contributed by atoms with Crippen molar-refractivity contribution in [2.45, 2.75) is 18.7 Å². The molecule has 2 aliphatic rings. The molecule has 1 saturated heterocycles. The van der Waals surface area contributed by atoms with Crippen LogP contribution >= 0.6 is 11.8 Å². The van der Waals surface area contributed by atoms with E-state index in [-0.39, 0.29) is 6.03 Å². The van der Waals surface area contributed by atoms with Crippen molar-refractivity contribution in [3.8, 4) is 0 Å². The van der Waals surface area contributed by atoms with E-state index in [2.05, 4.69) is 24.1 Å². The van der Waals surface area contributed by atoms with E-state index in [1.54, 1.807) is 18.0 Å². The van der Waals surface area contributed by atoms with Crippen LogP contribution in [0.5, 0.6) is 0 Å². The van der Waals surface area contributed by atoms with Gasteiger partial charge in [0.15, 0.2) is 0 Å². The van der Waals surface area contributed by atoms with Crippen LogP contribution in [0.25, 0.3) is 0 Å². The lowest BCUT2D eigenvalue weighted by Gasteiger charge is -2.22. The first-order valence-corrected chi connectivity index (χ1v) is 7.81. The zero-order valence-electron chi connectivity index (χ0n) is 11.5. The third kappa shape index (κ3) is 2.20.